The Morgan fingerprint density at radius 1 is 0.297 bits per heavy atom. The number of pyridine rings is 1. The summed E-state index contributed by atoms with van der Waals surface area (Å²) in [5.74, 6) is 0.660. The average molecular weight is 818 g/mol. The molecule has 0 aliphatic rings. The SMILES string of the molecule is c1ccc(-c2nc(-c3ccc(-c4cccnc4)cc3)cc(-c3cc(-c4ccc5oc6ccc7ccccc7c6c5c4)cc(-c4ccc5oc6ccc7ccccc7c6c5c4)c3)n2)cc1. The fraction of sp³-hybridized carbons (Fsp3) is 0. The Kier molecular flexibility index (Phi) is 8.15. The molecule has 0 unspecified atom stereocenters. The van der Waals surface area contributed by atoms with Gasteiger partial charge in [-0.1, -0.05) is 133 Å². The molecule has 0 amide bonds. The zero-order valence-corrected chi connectivity index (χ0v) is 34.4. The van der Waals surface area contributed by atoms with E-state index in [0.29, 0.717) is 5.82 Å². The number of furan rings is 2. The number of hydrogen-bond donors (Lipinski definition) is 0. The predicted molar refractivity (Wildman–Crippen MR) is 262 cm³/mol. The molecule has 0 aliphatic heterocycles. The summed E-state index contributed by atoms with van der Waals surface area (Å²) in [7, 11) is 0. The van der Waals surface area contributed by atoms with E-state index >= 15 is 0 Å². The molecule has 0 bridgehead atoms. The van der Waals surface area contributed by atoms with E-state index < -0.39 is 0 Å². The molecule has 4 aromatic heterocycles. The van der Waals surface area contributed by atoms with Crippen molar-refractivity contribution in [2.24, 2.45) is 0 Å². The summed E-state index contributed by atoms with van der Waals surface area (Å²) in [5.41, 5.74) is 14.5. The number of benzene rings is 9. The van der Waals surface area contributed by atoms with E-state index in [4.69, 9.17) is 18.8 Å². The third-order valence-electron chi connectivity index (χ3n) is 12.5. The molecular formula is C59H35N3O2. The summed E-state index contributed by atoms with van der Waals surface area (Å²) in [6, 6.07) is 70.3. The van der Waals surface area contributed by atoms with Crippen LogP contribution in [0, 0.1) is 0 Å². The van der Waals surface area contributed by atoms with Crippen LogP contribution in [-0.2, 0) is 0 Å². The van der Waals surface area contributed by atoms with Crippen LogP contribution >= 0.6 is 0 Å². The van der Waals surface area contributed by atoms with Crippen LogP contribution in [0.15, 0.2) is 221 Å². The number of aromatic nitrogens is 3. The Hall–Kier alpha value is -8.67. The summed E-state index contributed by atoms with van der Waals surface area (Å²) in [6.07, 6.45) is 3.69. The molecule has 13 rings (SSSR count). The Balaban J connectivity index is 1.03. The standard InChI is InChI=1S/C59H35N3O2/c1-2-11-40(12-3-1)59-61-51(39-18-16-36(17-19-39)43-13-8-28-60-35-43)34-52(62-59)46-30-44(41-22-24-53-49(32-41)57-47-14-6-4-9-37(47)20-26-55(57)63-53)29-45(31-46)42-23-25-54-50(33-42)58-48-15-7-5-10-38(48)21-27-56(58)64-54/h1-35H. The zero-order valence-electron chi connectivity index (χ0n) is 34.4. The highest BCUT2D eigenvalue weighted by atomic mass is 16.3. The fourth-order valence-corrected chi connectivity index (χ4v) is 9.39. The normalized spacial score (nSPS) is 11.8. The molecule has 4 heterocycles. The number of hydrogen-bond acceptors (Lipinski definition) is 5. The summed E-state index contributed by atoms with van der Waals surface area (Å²) in [4.78, 5) is 14.8. The monoisotopic (exact) mass is 817 g/mol. The third kappa shape index (κ3) is 6.05. The summed E-state index contributed by atoms with van der Waals surface area (Å²) >= 11 is 0. The Morgan fingerprint density at radius 2 is 0.797 bits per heavy atom. The smallest absolute Gasteiger partial charge is 0.160 e. The molecule has 5 heteroatoms. The highest BCUT2D eigenvalue weighted by Crippen LogP contribution is 2.42. The van der Waals surface area contributed by atoms with Gasteiger partial charge in [-0.3, -0.25) is 4.98 Å². The van der Waals surface area contributed by atoms with E-state index in [9.17, 15) is 0 Å². The minimum Gasteiger partial charge on any atom is -0.456 e. The highest BCUT2D eigenvalue weighted by molar-refractivity contribution is 6.20. The lowest BCUT2D eigenvalue weighted by atomic mass is 9.92. The first-order valence-corrected chi connectivity index (χ1v) is 21.5. The van der Waals surface area contributed by atoms with Crippen molar-refractivity contribution < 1.29 is 8.83 Å². The summed E-state index contributed by atoms with van der Waals surface area (Å²) < 4.78 is 12.9. The van der Waals surface area contributed by atoms with E-state index in [1.165, 1.54) is 21.5 Å². The van der Waals surface area contributed by atoms with E-state index in [-0.39, 0.29) is 0 Å². The van der Waals surface area contributed by atoms with E-state index in [1.807, 2.05) is 30.5 Å². The predicted octanol–water partition coefficient (Wildman–Crippen LogP) is 16.0. The van der Waals surface area contributed by atoms with Gasteiger partial charge in [-0.25, -0.2) is 9.97 Å². The van der Waals surface area contributed by atoms with Crippen molar-refractivity contribution in [1.29, 1.82) is 0 Å². The first-order chi connectivity index (χ1) is 31.7. The van der Waals surface area contributed by atoms with Crippen molar-refractivity contribution in [3.63, 3.8) is 0 Å². The number of nitrogens with zero attached hydrogens (tertiary/aromatic N) is 3. The molecule has 9 aromatic carbocycles. The summed E-state index contributed by atoms with van der Waals surface area (Å²) in [6.45, 7) is 0. The van der Waals surface area contributed by atoms with Gasteiger partial charge in [-0.2, -0.15) is 0 Å². The second-order valence-electron chi connectivity index (χ2n) is 16.4. The van der Waals surface area contributed by atoms with Crippen LogP contribution in [0.1, 0.15) is 0 Å². The van der Waals surface area contributed by atoms with Crippen molar-refractivity contribution in [1.82, 2.24) is 15.0 Å². The fourth-order valence-electron chi connectivity index (χ4n) is 9.39. The minimum atomic E-state index is 0.660. The third-order valence-corrected chi connectivity index (χ3v) is 12.5. The number of fused-ring (bicyclic) bond motifs is 10. The molecule has 0 saturated heterocycles. The molecule has 64 heavy (non-hydrogen) atoms. The van der Waals surface area contributed by atoms with Gasteiger partial charge in [0.05, 0.1) is 11.4 Å². The first-order valence-electron chi connectivity index (χ1n) is 21.5. The van der Waals surface area contributed by atoms with Gasteiger partial charge >= 0.3 is 0 Å². The second kappa shape index (κ2) is 14.5. The lowest BCUT2D eigenvalue weighted by molar-refractivity contribution is 0.669. The van der Waals surface area contributed by atoms with Crippen molar-refractivity contribution in [2.75, 3.05) is 0 Å². The molecule has 0 saturated carbocycles. The van der Waals surface area contributed by atoms with Gasteiger partial charge in [0.1, 0.15) is 22.3 Å². The minimum absolute atomic E-state index is 0.660. The van der Waals surface area contributed by atoms with E-state index in [1.54, 1.807) is 6.20 Å². The lowest BCUT2D eigenvalue weighted by Crippen LogP contribution is -1.96. The molecule has 0 radical (unpaired) electrons. The van der Waals surface area contributed by atoms with Gasteiger partial charge in [0, 0.05) is 50.6 Å². The van der Waals surface area contributed by atoms with E-state index in [2.05, 4.69) is 181 Å². The van der Waals surface area contributed by atoms with E-state index in [0.717, 1.165) is 105 Å². The van der Waals surface area contributed by atoms with Crippen molar-refractivity contribution in [3.8, 4) is 67.3 Å². The molecular weight excluding hydrogens is 783 g/mol. The average Bonchev–Trinajstić information content (AvgIpc) is 3.95. The highest BCUT2D eigenvalue weighted by Gasteiger charge is 2.18. The van der Waals surface area contributed by atoms with Gasteiger partial charge in [-0.15, -0.1) is 0 Å². The molecule has 0 aliphatic carbocycles. The van der Waals surface area contributed by atoms with Gasteiger partial charge in [-0.05, 0) is 122 Å². The molecule has 5 nitrogen and oxygen atoms in total. The summed E-state index contributed by atoms with van der Waals surface area (Å²) in [5, 5.41) is 9.13. The van der Waals surface area contributed by atoms with Crippen LogP contribution in [0.25, 0.3) is 133 Å². The van der Waals surface area contributed by atoms with Crippen LogP contribution in [0.2, 0.25) is 0 Å². The molecule has 0 fully saturated rings. The maximum absolute atomic E-state index is 6.45. The lowest BCUT2D eigenvalue weighted by Gasteiger charge is -2.14. The molecule has 298 valence electrons. The van der Waals surface area contributed by atoms with Crippen LogP contribution in [0.4, 0.5) is 0 Å². The second-order valence-corrected chi connectivity index (χ2v) is 16.4. The largest absolute Gasteiger partial charge is 0.456 e. The maximum atomic E-state index is 6.45. The van der Waals surface area contributed by atoms with Crippen LogP contribution < -0.4 is 0 Å². The first kappa shape index (κ1) is 36.0. The van der Waals surface area contributed by atoms with Crippen LogP contribution in [-0.4, -0.2) is 15.0 Å². The maximum Gasteiger partial charge on any atom is 0.160 e. The Labute approximate surface area is 367 Å². The van der Waals surface area contributed by atoms with Crippen LogP contribution in [0.3, 0.4) is 0 Å². The molecule has 0 spiro atoms. The molecule has 0 N–H and O–H groups in total. The van der Waals surface area contributed by atoms with Gasteiger partial charge in [0.2, 0.25) is 0 Å². The van der Waals surface area contributed by atoms with Crippen molar-refractivity contribution in [3.05, 3.63) is 213 Å². The van der Waals surface area contributed by atoms with Gasteiger partial charge in [0.15, 0.2) is 5.82 Å². The Morgan fingerprint density at radius 3 is 1.39 bits per heavy atom. The Bertz CT molecular complexity index is 3770. The topological polar surface area (TPSA) is 65.0 Å². The number of rotatable bonds is 6. The molecule has 13 aromatic rings. The van der Waals surface area contributed by atoms with Crippen molar-refractivity contribution in [2.45, 2.75) is 0 Å². The molecule has 0 atom stereocenters. The quantitative estimate of drug-likeness (QED) is 0.167. The zero-order chi connectivity index (χ0) is 42.1. The van der Waals surface area contributed by atoms with Gasteiger partial charge in [0.25, 0.3) is 0 Å². The van der Waals surface area contributed by atoms with Gasteiger partial charge < -0.3 is 8.83 Å². The van der Waals surface area contributed by atoms with Crippen LogP contribution in [0.5, 0.6) is 0 Å². The van der Waals surface area contributed by atoms with Crippen molar-refractivity contribution >= 4 is 65.4 Å².